The summed E-state index contributed by atoms with van der Waals surface area (Å²) in [5.74, 6) is -1.42. The third-order valence-corrected chi connectivity index (χ3v) is 8.13. The van der Waals surface area contributed by atoms with Gasteiger partial charge in [0.1, 0.15) is 12.6 Å². The summed E-state index contributed by atoms with van der Waals surface area (Å²) in [5, 5.41) is 16.6. The number of hydrogen-bond acceptors (Lipinski definition) is 6. The maximum absolute atomic E-state index is 12.5. The van der Waals surface area contributed by atoms with Gasteiger partial charge in [-0.1, -0.05) is 90.4 Å². The number of quaternary nitrogens is 1. The number of unbranched alkanes of at least 4 members (excludes halogenated alkanes) is 16. The maximum Gasteiger partial charge on any atom is 0.328 e. The molecule has 9 nitrogen and oxygen atoms in total. The van der Waals surface area contributed by atoms with Gasteiger partial charge in [0.15, 0.2) is 0 Å². The summed E-state index contributed by atoms with van der Waals surface area (Å²) in [6.45, 7) is 5.74. The summed E-state index contributed by atoms with van der Waals surface area (Å²) in [4.78, 5) is 47.8. The van der Waals surface area contributed by atoms with Gasteiger partial charge in [-0.25, -0.2) is 4.79 Å². The zero-order valence-corrected chi connectivity index (χ0v) is 28.9. The van der Waals surface area contributed by atoms with Crippen molar-refractivity contribution in [3.63, 3.8) is 0 Å². The molecule has 0 aliphatic rings. The molecule has 9 heteroatoms. The minimum Gasteiger partial charge on any atom is -0.544 e. The second-order valence-electron chi connectivity index (χ2n) is 13.1. The first kappa shape index (κ1) is 41.8. The Kier molecular flexibility index (Phi) is 26.9. The molecule has 0 radical (unpaired) electrons. The molecule has 0 spiro atoms. The maximum atomic E-state index is 12.5. The lowest BCUT2D eigenvalue weighted by Gasteiger charge is -2.30. The van der Waals surface area contributed by atoms with E-state index in [-0.39, 0.29) is 25.0 Å². The molecule has 2 amide bonds. The fraction of sp³-hybridized carbons (Fsp3) is 0.886. The fourth-order valence-electron chi connectivity index (χ4n) is 5.46. The van der Waals surface area contributed by atoms with Crippen molar-refractivity contribution in [3.05, 3.63) is 0 Å². The van der Waals surface area contributed by atoms with Crippen LogP contribution in [-0.2, 0) is 23.9 Å². The number of rotatable bonds is 31. The number of likely N-dealkylation sites (N-methyl/N-ethyl adjacent to an activating group) is 1. The predicted octanol–water partition coefficient (Wildman–Crippen LogP) is 5.58. The van der Waals surface area contributed by atoms with Gasteiger partial charge in [-0.05, 0) is 51.9 Å². The molecule has 258 valence electrons. The number of carbonyl (C=O) groups excluding carboxylic acids is 4. The standard InChI is InChI=1S/C35H67N3O6/c1-5-7-8-9-10-11-14-17-20-26-32(39)36-28-23-22-25-31(35(43)44-6-2)37-33(40)27-21-18-15-12-13-16-19-24-29-38(3,4)30-34(41)42/h31H,5-30H2,1-4H3,(H2-,36,37,39,40,41,42). The number of aliphatic carboxylic acids is 1. The minimum absolute atomic E-state index is 0.0489. The van der Waals surface area contributed by atoms with Crippen molar-refractivity contribution in [2.24, 2.45) is 0 Å². The molecular weight excluding hydrogens is 558 g/mol. The lowest BCUT2D eigenvalue weighted by atomic mass is 10.1. The summed E-state index contributed by atoms with van der Waals surface area (Å²) < 4.78 is 5.63. The monoisotopic (exact) mass is 626 g/mol. The normalized spacial score (nSPS) is 12.1. The van der Waals surface area contributed by atoms with E-state index in [0.717, 1.165) is 83.6 Å². The van der Waals surface area contributed by atoms with Crippen LogP contribution in [0.5, 0.6) is 0 Å². The summed E-state index contributed by atoms with van der Waals surface area (Å²) in [7, 11) is 3.84. The summed E-state index contributed by atoms with van der Waals surface area (Å²) in [6, 6.07) is -0.643. The molecule has 1 unspecified atom stereocenters. The summed E-state index contributed by atoms with van der Waals surface area (Å²) in [5.41, 5.74) is 0. The van der Waals surface area contributed by atoms with E-state index in [4.69, 9.17) is 4.74 Å². The first-order chi connectivity index (χ1) is 21.1. The van der Waals surface area contributed by atoms with Crippen molar-refractivity contribution < 1.29 is 33.5 Å². The molecule has 0 fully saturated rings. The Balaban J connectivity index is 3.94. The van der Waals surface area contributed by atoms with Crippen molar-refractivity contribution in [2.45, 2.75) is 161 Å². The molecule has 0 bridgehead atoms. The fourth-order valence-corrected chi connectivity index (χ4v) is 5.46. The van der Waals surface area contributed by atoms with Crippen LogP contribution < -0.4 is 15.7 Å². The van der Waals surface area contributed by atoms with E-state index < -0.39 is 18.0 Å². The number of carboxylic acids is 1. The first-order valence-electron chi connectivity index (χ1n) is 17.9. The average molecular weight is 626 g/mol. The molecule has 0 saturated carbocycles. The van der Waals surface area contributed by atoms with Crippen LogP contribution in [0.2, 0.25) is 0 Å². The molecule has 44 heavy (non-hydrogen) atoms. The van der Waals surface area contributed by atoms with E-state index in [1.807, 2.05) is 14.1 Å². The SMILES string of the molecule is CCCCCCCCCCCC(=O)NCCCCC(NC(=O)CCCCCCCCCC[N+](C)(C)CC(=O)[O-])C(=O)OCC. The zero-order chi connectivity index (χ0) is 32.9. The van der Waals surface area contributed by atoms with Crippen molar-refractivity contribution >= 4 is 23.8 Å². The number of ether oxygens (including phenoxy) is 1. The van der Waals surface area contributed by atoms with Crippen LogP contribution in [0.3, 0.4) is 0 Å². The molecule has 0 aromatic heterocycles. The summed E-state index contributed by atoms with van der Waals surface area (Å²) in [6.07, 6.45) is 22.4. The molecule has 0 saturated heterocycles. The van der Waals surface area contributed by atoms with Crippen molar-refractivity contribution in [1.82, 2.24) is 10.6 Å². The van der Waals surface area contributed by atoms with Gasteiger partial charge in [0.05, 0.1) is 33.2 Å². The van der Waals surface area contributed by atoms with Gasteiger partial charge in [-0.3, -0.25) is 9.59 Å². The molecular formula is C35H67N3O6. The molecule has 0 aromatic rings. The number of hydrogen-bond donors (Lipinski definition) is 2. The van der Waals surface area contributed by atoms with Crippen LogP contribution in [0.25, 0.3) is 0 Å². The Morgan fingerprint density at radius 2 is 1.16 bits per heavy atom. The Hall–Kier alpha value is -2.16. The highest BCUT2D eigenvalue weighted by Gasteiger charge is 2.21. The topological polar surface area (TPSA) is 125 Å². The highest BCUT2D eigenvalue weighted by molar-refractivity contribution is 5.84. The number of nitrogens with zero attached hydrogens (tertiary/aromatic N) is 1. The van der Waals surface area contributed by atoms with E-state index >= 15 is 0 Å². The Labute approximate surface area is 269 Å². The van der Waals surface area contributed by atoms with Gasteiger partial charge in [0.25, 0.3) is 0 Å². The van der Waals surface area contributed by atoms with Gasteiger partial charge in [0.2, 0.25) is 11.8 Å². The van der Waals surface area contributed by atoms with Crippen LogP contribution in [0, 0.1) is 0 Å². The zero-order valence-electron chi connectivity index (χ0n) is 28.9. The molecule has 1 atom stereocenters. The van der Waals surface area contributed by atoms with E-state index in [9.17, 15) is 24.3 Å². The predicted molar refractivity (Wildman–Crippen MR) is 176 cm³/mol. The van der Waals surface area contributed by atoms with Crippen molar-refractivity contribution in [3.8, 4) is 0 Å². The van der Waals surface area contributed by atoms with E-state index in [0.29, 0.717) is 30.3 Å². The van der Waals surface area contributed by atoms with Crippen molar-refractivity contribution in [2.75, 3.05) is 40.3 Å². The van der Waals surface area contributed by atoms with Gasteiger partial charge < -0.3 is 29.8 Å². The summed E-state index contributed by atoms with van der Waals surface area (Å²) >= 11 is 0. The quantitative estimate of drug-likeness (QED) is 0.0589. The van der Waals surface area contributed by atoms with E-state index in [2.05, 4.69) is 17.6 Å². The second-order valence-corrected chi connectivity index (χ2v) is 13.1. The third-order valence-electron chi connectivity index (χ3n) is 8.13. The minimum atomic E-state index is -1.00. The smallest absolute Gasteiger partial charge is 0.328 e. The average Bonchev–Trinajstić information content (AvgIpc) is 2.95. The van der Waals surface area contributed by atoms with Gasteiger partial charge in [-0.15, -0.1) is 0 Å². The molecule has 0 heterocycles. The lowest BCUT2D eigenvalue weighted by Crippen LogP contribution is -2.48. The Bertz CT molecular complexity index is 759. The Morgan fingerprint density at radius 1 is 0.659 bits per heavy atom. The molecule has 0 aliphatic carbocycles. The molecule has 0 aliphatic heterocycles. The number of amides is 2. The Morgan fingerprint density at radius 3 is 1.68 bits per heavy atom. The van der Waals surface area contributed by atoms with Gasteiger partial charge >= 0.3 is 5.97 Å². The molecule has 0 aromatic carbocycles. The lowest BCUT2D eigenvalue weighted by molar-refractivity contribution is -0.885. The van der Waals surface area contributed by atoms with Gasteiger partial charge in [0, 0.05) is 19.4 Å². The number of nitrogens with one attached hydrogen (secondary N) is 2. The first-order valence-corrected chi connectivity index (χ1v) is 17.9. The highest BCUT2D eigenvalue weighted by Crippen LogP contribution is 2.13. The van der Waals surface area contributed by atoms with Crippen LogP contribution in [0.15, 0.2) is 0 Å². The highest BCUT2D eigenvalue weighted by atomic mass is 16.5. The van der Waals surface area contributed by atoms with Crippen LogP contribution in [0.1, 0.15) is 155 Å². The van der Waals surface area contributed by atoms with E-state index in [1.54, 1.807) is 6.92 Å². The van der Waals surface area contributed by atoms with Gasteiger partial charge in [-0.2, -0.15) is 0 Å². The molecule has 2 N–H and O–H groups in total. The largest absolute Gasteiger partial charge is 0.544 e. The van der Waals surface area contributed by atoms with Crippen LogP contribution in [-0.4, -0.2) is 74.6 Å². The molecule has 0 rings (SSSR count). The van der Waals surface area contributed by atoms with E-state index in [1.165, 1.54) is 44.9 Å². The second kappa shape index (κ2) is 28.3. The number of carboxylic acid groups (broad SMARTS) is 1. The third kappa shape index (κ3) is 27.4. The van der Waals surface area contributed by atoms with Crippen LogP contribution in [0.4, 0.5) is 0 Å². The number of esters is 1. The number of carbonyl (C=O) groups is 4. The van der Waals surface area contributed by atoms with Crippen molar-refractivity contribution in [1.29, 1.82) is 0 Å². The van der Waals surface area contributed by atoms with Crippen LogP contribution >= 0.6 is 0 Å².